The van der Waals surface area contributed by atoms with Crippen molar-refractivity contribution in [1.29, 1.82) is 0 Å². The largest absolute Gasteiger partial charge is 0.465 e. The smallest absolute Gasteiger partial charge is 0.337 e. The zero-order chi connectivity index (χ0) is 11.5. The number of nitrogens with zero attached hydrogens (tertiary/aromatic N) is 1. The summed E-state index contributed by atoms with van der Waals surface area (Å²) in [6.45, 7) is 0. The van der Waals surface area contributed by atoms with Crippen LogP contribution in [0.1, 0.15) is 22.1 Å². The van der Waals surface area contributed by atoms with Crippen LogP contribution in [0.15, 0.2) is 36.7 Å². The summed E-state index contributed by atoms with van der Waals surface area (Å²) in [4.78, 5) is 11.2. The predicted molar refractivity (Wildman–Crippen MR) is 58.8 cm³/mol. The Balaban J connectivity index is 2.16. The Hall–Kier alpha value is -2.01. The Morgan fingerprint density at radius 1 is 1.44 bits per heavy atom. The van der Waals surface area contributed by atoms with Gasteiger partial charge in [0, 0.05) is 12.4 Å². The van der Waals surface area contributed by atoms with Gasteiger partial charge in [-0.1, -0.05) is 12.1 Å². The third-order valence-corrected chi connectivity index (χ3v) is 2.45. The van der Waals surface area contributed by atoms with Gasteiger partial charge in [-0.05, 0) is 17.7 Å². The molecule has 0 aromatic heterocycles. The lowest BCUT2D eigenvalue weighted by Crippen LogP contribution is -2.32. The number of hydrogen-bond donors (Lipinski definition) is 2. The lowest BCUT2D eigenvalue weighted by Gasteiger charge is -2.20. The third-order valence-electron chi connectivity index (χ3n) is 2.45. The maximum Gasteiger partial charge on any atom is 0.337 e. The lowest BCUT2D eigenvalue weighted by atomic mass is 10.1. The van der Waals surface area contributed by atoms with E-state index in [-0.39, 0.29) is 12.1 Å². The van der Waals surface area contributed by atoms with Crippen LogP contribution in [0.4, 0.5) is 0 Å². The highest BCUT2D eigenvalue weighted by molar-refractivity contribution is 5.89. The van der Waals surface area contributed by atoms with E-state index in [1.54, 1.807) is 29.5 Å². The van der Waals surface area contributed by atoms with Crippen molar-refractivity contribution < 1.29 is 9.53 Å². The van der Waals surface area contributed by atoms with Crippen molar-refractivity contribution in [2.24, 2.45) is 5.84 Å². The second-order valence-corrected chi connectivity index (χ2v) is 3.45. The minimum absolute atomic E-state index is 0.0771. The number of nitrogens with one attached hydrogen (secondary N) is 1. The van der Waals surface area contributed by atoms with Crippen LogP contribution in [-0.4, -0.2) is 18.1 Å². The number of esters is 1. The molecule has 2 rings (SSSR count). The highest BCUT2D eigenvalue weighted by atomic mass is 16.5. The fourth-order valence-corrected chi connectivity index (χ4v) is 1.58. The molecule has 1 atom stereocenters. The number of methoxy groups -OCH3 is 1. The third kappa shape index (κ3) is 1.85. The molecule has 0 aliphatic carbocycles. The molecule has 0 fully saturated rings. The van der Waals surface area contributed by atoms with Gasteiger partial charge >= 0.3 is 5.97 Å². The molecule has 84 valence electrons. The van der Waals surface area contributed by atoms with Crippen LogP contribution >= 0.6 is 0 Å². The molecule has 0 saturated carbocycles. The van der Waals surface area contributed by atoms with Crippen LogP contribution in [-0.2, 0) is 4.74 Å². The molecule has 1 aromatic carbocycles. The van der Waals surface area contributed by atoms with Crippen LogP contribution in [0.2, 0.25) is 0 Å². The Bertz CT molecular complexity index is 414. The van der Waals surface area contributed by atoms with Crippen LogP contribution in [0.25, 0.3) is 0 Å². The van der Waals surface area contributed by atoms with Crippen molar-refractivity contribution in [2.75, 3.05) is 7.11 Å². The highest BCUT2D eigenvalue weighted by Gasteiger charge is 2.17. The van der Waals surface area contributed by atoms with E-state index in [0.29, 0.717) is 5.56 Å². The standard InChI is InChI=1S/C11H13N3O2/c1-16-11(15)9-4-2-8(3-5-9)10-13-6-7-14(10)12/h2-7,10,13H,12H2,1H3. The van der Waals surface area contributed by atoms with Gasteiger partial charge in [-0.3, -0.25) is 5.01 Å². The molecule has 1 aromatic rings. The SMILES string of the molecule is COC(=O)c1ccc(C2NC=CN2N)cc1. The lowest BCUT2D eigenvalue weighted by molar-refractivity contribution is 0.0600. The monoisotopic (exact) mass is 219 g/mol. The Morgan fingerprint density at radius 2 is 2.12 bits per heavy atom. The van der Waals surface area contributed by atoms with Crippen molar-refractivity contribution in [2.45, 2.75) is 6.17 Å². The summed E-state index contributed by atoms with van der Waals surface area (Å²) >= 11 is 0. The van der Waals surface area contributed by atoms with E-state index >= 15 is 0 Å². The van der Waals surface area contributed by atoms with Gasteiger partial charge in [0.15, 0.2) is 0 Å². The molecule has 0 bridgehead atoms. The zero-order valence-electron chi connectivity index (χ0n) is 8.88. The van der Waals surface area contributed by atoms with Crippen molar-refractivity contribution in [3.63, 3.8) is 0 Å². The minimum atomic E-state index is -0.339. The van der Waals surface area contributed by atoms with E-state index in [1.807, 2.05) is 12.1 Å². The van der Waals surface area contributed by atoms with E-state index in [1.165, 1.54) is 7.11 Å². The van der Waals surface area contributed by atoms with E-state index < -0.39 is 0 Å². The summed E-state index contributed by atoms with van der Waals surface area (Å²) in [7, 11) is 1.36. The summed E-state index contributed by atoms with van der Waals surface area (Å²) < 4.78 is 4.62. The van der Waals surface area contributed by atoms with Crippen LogP contribution in [0.3, 0.4) is 0 Å². The van der Waals surface area contributed by atoms with Crippen LogP contribution in [0.5, 0.6) is 0 Å². The molecule has 1 aliphatic heterocycles. The average molecular weight is 219 g/mol. The second kappa shape index (κ2) is 4.24. The number of nitrogens with two attached hydrogens (primary N) is 1. The molecule has 3 N–H and O–H groups in total. The summed E-state index contributed by atoms with van der Waals surface area (Å²) in [6.07, 6.45) is 3.45. The maximum absolute atomic E-state index is 11.2. The maximum atomic E-state index is 11.2. The summed E-state index contributed by atoms with van der Waals surface area (Å²) in [5, 5.41) is 4.65. The molecular weight excluding hydrogens is 206 g/mol. The van der Waals surface area contributed by atoms with Crippen LogP contribution < -0.4 is 11.2 Å². The second-order valence-electron chi connectivity index (χ2n) is 3.45. The molecule has 5 heteroatoms. The zero-order valence-corrected chi connectivity index (χ0v) is 8.88. The molecule has 0 spiro atoms. The molecule has 16 heavy (non-hydrogen) atoms. The van der Waals surface area contributed by atoms with E-state index in [9.17, 15) is 4.79 Å². The molecular formula is C11H13N3O2. The molecule has 0 amide bonds. The summed E-state index contributed by atoms with van der Waals surface area (Å²) in [5.41, 5.74) is 1.51. The predicted octanol–water partition coefficient (Wildman–Crippen LogP) is 0.722. The first kappa shape index (κ1) is 10.5. The Kier molecular flexibility index (Phi) is 2.78. The topological polar surface area (TPSA) is 67.6 Å². The number of rotatable bonds is 2. The highest BCUT2D eigenvalue weighted by Crippen LogP contribution is 2.19. The van der Waals surface area contributed by atoms with Gasteiger partial charge < -0.3 is 10.1 Å². The fourth-order valence-electron chi connectivity index (χ4n) is 1.58. The number of benzene rings is 1. The molecule has 0 radical (unpaired) electrons. The van der Waals surface area contributed by atoms with Crippen molar-refractivity contribution in [3.8, 4) is 0 Å². The molecule has 1 heterocycles. The Labute approximate surface area is 93.5 Å². The first-order valence-corrected chi connectivity index (χ1v) is 4.86. The van der Waals surface area contributed by atoms with Gasteiger partial charge in [0.1, 0.15) is 6.17 Å². The van der Waals surface area contributed by atoms with Gasteiger partial charge in [0.25, 0.3) is 0 Å². The van der Waals surface area contributed by atoms with E-state index in [0.717, 1.165) is 5.56 Å². The first-order valence-electron chi connectivity index (χ1n) is 4.86. The average Bonchev–Trinajstić information content (AvgIpc) is 2.75. The number of carbonyl (C=O) groups excluding carboxylic acids is 1. The number of carbonyl (C=O) groups is 1. The number of hydrazine groups is 1. The molecule has 5 nitrogen and oxygen atoms in total. The van der Waals surface area contributed by atoms with Gasteiger partial charge in [0.05, 0.1) is 12.7 Å². The minimum Gasteiger partial charge on any atom is -0.465 e. The molecule has 1 aliphatic rings. The first-order chi connectivity index (χ1) is 7.72. The summed E-state index contributed by atoms with van der Waals surface area (Å²) in [5.74, 6) is 5.39. The summed E-state index contributed by atoms with van der Waals surface area (Å²) in [6, 6.07) is 7.12. The molecule has 0 saturated heterocycles. The normalized spacial score (nSPS) is 18.4. The number of ether oxygens (including phenoxy) is 1. The van der Waals surface area contributed by atoms with E-state index in [4.69, 9.17) is 5.84 Å². The Morgan fingerprint density at radius 3 is 2.62 bits per heavy atom. The van der Waals surface area contributed by atoms with Crippen LogP contribution in [0, 0.1) is 0 Å². The van der Waals surface area contributed by atoms with Crippen molar-refractivity contribution >= 4 is 5.97 Å². The van der Waals surface area contributed by atoms with Gasteiger partial charge in [-0.15, -0.1) is 0 Å². The quantitative estimate of drug-likeness (QED) is 0.566. The van der Waals surface area contributed by atoms with Crippen molar-refractivity contribution in [1.82, 2.24) is 10.3 Å². The van der Waals surface area contributed by atoms with Gasteiger partial charge in [-0.2, -0.15) is 0 Å². The van der Waals surface area contributed by atoms with E-state index in [2.05, 4.69) is 10.1 Å². The fraction of sp³-hybridized carbons (Fsp3) is 0.182. The molecule has 1 unspecified atom stereocenters. The van der Waals surface area contributed by atoms with Gasteiger partial charge in [0.2, 0.25) is 0 Å². The van der Waals surface area contributed by atoms with Gasteiger partial charge in [-0.25, -0.2) is 10.6 Å². The van der Waals surface area contributed by atoms with Crippen molar-refractivity contribution in [3.05, 3.63) is 47.8 Å². The number of hydrogen-bond acceptors (Lipinski definition) is 5.